The average molecular weight is 323 g/mol. The van der Waals surface area contributed by atoms with Crippen LogP contribution in [0.3, 0.4) is 0 Å². The second-order valence-electron chi connectivity index (χ2n) is 3.98. The number of ether oxygens (including phenoxy) is 1. The first-order chi connectivity index (χ1) is 9.22. The lowest BCUT2D eigenvalue weighted by Gasteiger charge is -2.10. The van der Waals surface area contributed by atoms with Crippen molar-refractivity contribution in [2.45, 2.75) is 19.8 Å². The second kappa shape index (κ2) is 6.63. The molecule has 19 heavy (non-hydrogen) atoms. The van der Waals surface area contributed by atoms with Crippen molar-refractivity contribution < 1.29 is 9.84 Å². The Bertz CT molecular complexity index is 561. The molecule has 0 bridgehead atoms. The van der Waals surface area contributed by atoms with E-state index in [-0.39, 0.29) is 6.61 Å². The first-order valence-electron chi connectivity index (χ1n) is 6.13. The number of hydrogen-bond acceptors (Lipinski definition) is 4. The van der Waals surface area contributed by atoms with Crippen LogP contribution in [-0.4, -0.2) is 21.7 Å². The van der Waals surface area contributed by atoms with Crippen LogP contribution in [0.1, 0.15) is 18.3 Å². The minimum absolute atomic E-state index is 0.0913. The monoisotopic (exact) mass is 322 g/mol. The normalized spacial score (nSPS) is 10.5. The summed E-state index contributed by atoms with van der Waals surface area (Å²) >= 11 is 3.35. The first kappa shape index (κ1) is 14.0. The van der Waals surface area contributed by atoms with Crippen molar-refractivity contribution in [2.75, 3.05) is 6.61 Å². The molecular formula is C14H15BrN2O2. The largest absolute Gasteiger partial charge is 0.439 e. The third-order valence-electron chi connectivity index (χ3n) is 2.60. The zero-order valence-corrected chi connectivity index (χ0v) is 12.2. The molecule has 0 atom stereocenters. The van der Waals surface area contributed by atoms with Gasteiger partial charge in [0, 0.05) is 19.1 Å². The number of aromatic nitrogens is 2. The summed E-state index contributed by atoms with van der Waals surface area (Å²) in [5.41, 5.74) is 0.956. The van der Waals surface area contributed by atoms with Gasteiger partial charge in [-0.25, -0.2) is 4.98 Å². The molecule has 0 spiro atoms. The van der Waals surface area contributed by atoms with Gasteiger partial charge < -0.3 is 9.84 Å². The van der Waals surface area contributed by atoms with Gasteiger partial charge in [0.25, 0.3) is 0 Å². The highest BCUT2D eigenvalue weighted by Gasteiger charge is 2.07. The predicted molar refractivity (Wildman–Crippen MR) is 76.4 cm³/mol. The topological polar surface area (TPSA) is 55.2 Å². The molecule has 0 unspecified atom stereocenters. The Morgan fingerprint density at radius 2 is 2.05 bits per heavy atom. The van der Waals surface area contributed by atoms with E-state index in [9.17, 15) is 0 Å². The lowest BCUT2D eigenvalue weighted by atomic mass is 10.1. The number of halogens is 1. The molecule has 1 aromatic carbocycles. The van der Waals surface area contributed by atoms with E-state index in [1.807, 2.05) is 31.2 Å². The highest BCUT2D eigenvalue weighted by Crippen LogP contribution is 2.25. The molecule has 2 rings (SSSR count). The SMILES string of the molecule is CCc1nc(Br)cc(Oc2ccccc2CCO)n1. The smallest absolute Gasteiger partial charge is 0.223 e. The molecule has 0 saturated carbocycles. The molecule has 0 radical (unpaired) electrons. The number of aliphatic hydroxyl groups excluding tert-OH is 1. The van der Waals surface area contributed by atoms with Crippen LogP contribution in [0.4, 0.5) is 0 Å². The van der Waals surface area contributed by atoms with Gasteiger partial charge in [0.15, 0.2) is 0 Å². The Hall–Kier alpha value is -1.46. The van der Waals surface area contributed by atoms with Gasteiger partial charge in [-0.2, -0.15) is 4.98 Å². The predicted octanol–water partition coefficient (Wildman–Crippen LogP) is 3.13. The van der Waals surface area contributed by atoms with Gasteiger partial charge in [-0.15, -0.1) is 0 Å². The van der Waals surface area contributed by atoms with Gasteiger partial charge in [-0.3, -0.25) is 0 Å². The van der Waals surface area contributed by atoms with E-state index in [4.69, 9.17) is 9.84 Å². The van der Waals surface area contributed by atoms with Crippen LogP contribution < -0.4 is 4.74 Å². The first-order valence-corrected chi connectivity index (χ1v) is 6.92. The fourth-order valence-electron chi connectivity index (χ4n) is 1.70. The summed E-state index contributed by atoms with van der Waals surface area (Å²) < 4.78 is 6.50. The minimum Gasteiger partial charge on any atom is -0.439 e. The van der Waals surface area contributed by atoms with E-state index in [2.05, 4.69) is 25.9 Å². The molecule has 5 heteroatoms. The number of benzene rings is 1. The molecule has 4 nitrogen and oxygen atoms in total. The summed E-state index contributed by atoms with van der Waals surface area (Å²) in [5.74, 6) is 1.94. The summed E-state index contributed by atoms with van der Waals surface area (Å²) in [6, 6.07) is 9.35. The summed E-state index contributed by atoms with van der Waals surface area (Å²) in [5, 5.41) is 9.05. The Morgan fingerprint density at radius 3 is 2.79 bits per heavy atom. The maximum atomic E-state index is 9.05. The van der Waals surface area contributed by atoms with Crippen molar-refractivity contribution in [1.82, 2.24) is 9.97 Å². The molecule has 0 fully saturated rings. The van der Waals surface area contributed by atoms with E-state index < -0.39 is 0 Å². The van der Waals surface area contributed by atoms with Gasteiger partial charge in [-0.1, -0.05) is 25.1 Å². The van der Waals surface area contributed by atoms with Gasteiger partial charge in [-0.05, 0) is 34.0 Å². The Kier molecular flexibility index (Phi) is 4.87. The zero-order chi connectivity index (χ0) is 13.7. The van der Waals surface area contributed by atoms with Crippen LogP contribution >= 0.6 is 15.9 Å². The van der Waals surface area contributed by atoms with Crippen molar-refractivity contribution in [3.8, 4) is 11.6 Å². The lowest BCUT2D eigenvalue weighted by molar-refractivity contribution is 0.297. The van der Waals surface area contributed by atoms with Gasteiger partial charge in [0.1, 0.15) is 16.2 Å². The lowest BCUT2D eigenvalue weighted by Crippen LogP contribution is -1.99. The summed E-state index contributed by atoms with van der Waals surface area (Å²) in [4.78, 5) is 8.56. The fraction of sp³-hybridized carbons (Fsp3) is 0.286. The Labute approximate surface area is 120 Å². The van der Waals surface area contributed by atoms with Crippen LogP contribution in [-0.2, 0) is 12.8 Å². The van der Waals surface area contributed by atoms with Crippen LogP contribution in [0, 0.1) is 0 Å². The molecule has 0 aliphatic heterocycles. The van der Waals surface area contributed by atoms with Crippen molar-refractivity contribution in [3.05, 3.63) is 46.3 Å². The third kappa shape index (κ3) is 3.75. The van der Waals surface area contributed by atoms with Gasteiger partial charge in [0.05, 0.1) is 0 Å². The molecule has 1 N–H and O–H groups in total. The molecule has 0 aliphatic carbocycles. The molecule has 0 aliphatic rings. The standard InChI is InChI=1S/C14H15BrN2O2/c1-2-13-16-12(15)9-14(17-13)19-11-6-4-3-5-10(11)7-8-18/h3-6,9,18H,2,7-8H2,1H3. The zero-order valence-electron chi connectivity index (χ0n) is 10.6. The van der Waals surface area contributed by atoms with Crippen molar-refractivity contribution in [2.24, 2.45) is 0 Å². The van der Waals surface area contributed by atoms with Crippen LogP contribution in [0.5, 0.6) is 11.6 Å². The van der Waals surface area contributed by atoms with E-state index in [1.165, 1.54) is 0 Å². The van der Waals surface area contributed by atoms with Crippen LogP contribution in [0.15, 0.2) is 34.9 Å². The second-order valence-corrected chi connectivity index (χ2v) is 4.79. The number of para-hydroxylation sites is 1. The van der Waals surface area contributed by atoms with Crippen molar-refractivity contribution >= 4 is 15.9 Å². The molecule has 0 saturated heterocycles. The number of nitrogens with zero attached hydrogens (tertiary/aromatic N) is 2. The maximum Gasteiger partial charge on any atom is 0.223 e. The number of aryl methyl sites for hydroxylation is 1. The summed E-state index contributed by atoms with van der Waals surface area (Å²) in [6.07, 6.45) is 1.30. The van der Waals surface area contributed by atoms with Crippen LogP contribution in [0.25, 0.3) is 0 Å². The molecule has 1 aromatic heterocycles. The number of rotatable bonds is 5. The van der Waals surface area contributed by atoms with E-state index >= 15 is 0 Å². The molecule has 100 valence electrons. The highest BCUT2D eigenvalue weighted by molar-refractivity contribution is 9.10. The van der Waals surface area contributed by atoms with Gasteiger partial charge in [0.2, 0.25) is 5.88 Å². The quantitative estimate of drug-likeness (QED) is 0.859. The van der Waals surface area contributed by atoms with E-state index in [0.717, 1.165) is 17.8 Å². The van der Waals surface area contributed by atoms with Crippen LogP contribution in [0.2, 0.25) is 0 Å². The molecule has 1 heterocycles. The molecular weight excluding hydrogens is 308 g/mol. The summed E-state index contributed by atoms with van der Waals surface area (Å²) in [6.45, 7) is 2.08. The van der Waals surface area contributed by atoms with E-state index in [0.29, 0.717) is 22.7 Å². The van der Waals surface area contributed by atoms with E-state index in [1.54, 1.807) is 6.07 Å². The fourth-order valence-corrected chi connectivity index (χ4v) is 2.10. The highest BCUT2D eigenvalue weighted by atomic mass is 79.9. The summed E-state index contributed by atoms with van der Waals surface area (Å²) in [7, 11) is 0. The molecule has 0 amide bonds. The van der Waals surface area contributed by atoms with Crippen molar-refractivity contribution in [3.63, 3.8) is 0 Å². The third-order valence-corrected chi connectivity index (χ3v) is 3.01. The molecule has 2 aromatic rings. The van der Waals surface area contributed by atoms with Gasteiger partial charge >= 0.3 is 0 Å². The number of hydrogen-bond donors (Lipinski definition) is 1. The Balaban J connectivity index is 2.28. The minimum atomic E-state index is 0.0913. The Morgan fingerprint density at radius 1 is 1.26 bits per heavy atom. The maximum absolute atomic E-state index is 9.05. The van der Waals surface area contributed by atoms with Crippen molar-refractivity contribution in [1.29, 1.82) is 0 Å². The number of aliphatic hydroxyl groups is 1. The average Bonchev–Trinajstić information content (AvgIpc) is 2.40.